The van der Waals surface area contributed by atoms with Crippen molar-refractivity contribution in [3.63, 3.8) is 0 Å². The third-order valence-electron chi connectivity index (χ3n) is 4.26. The molecular weight excluding hydrogens is 174 g/mol. The zero-order valence-corrected chi connectivity index (χ0v) is 10.1. The van der Waals surface area contributed by atoms with E-state index in [1.165, 1.54) is 19.3 Å². The van der Waals surface area contributed by atoms with Crippen LogP contribution in [0.15, 0.2) is 0 Å². The zero-order valence-electron chi connectivity index (χ0n) is 10.1. The minimum Gasteiger partial charge on any atom is -0.391 e. The van der Waals surface area contributed by atoms with E-state index in [2.05, 4.69) is 32.8 Å². The van der Waals surface area contributed by atoms with Crippen LogP contribution in [0.25, 0.3) is 0 Å². The quantitative estimate of drug-likeness (QED) is 0.734. The van der Waals surface area contributed by atoms with Crippen molar-refractivity contribution in [3.05, 3.63) is 0 Å². The first-order valence-electron chi connectivity index (χ1n) is 5.94. The van der Waals surface area contributed by atoms with Crippen LogP contribution in [-0.4, -0.2) is 35.7 Å². The first-order chi connectivity index (χ1) is 6.58. The summed E-state index contributed by atoms with van der Waals surface area (Å²) in [6.45, 7) is 4.37. The van der Waals surface area contributed by atoms with Crippen LogP contribution >= 0.6 is 0 Å². The second kappa shape index (κ2) is 4.63. The molecule has 1 saturated carbocycles. The van der Waals surface area contributed by atoms with Crippen molar-refractivity contribution >= 4 is 0 Å². The third kappa shape index (κ3) is 1.82. The number of likely N-dealkylation sites (N-methyl/N-ethyl adjacent to an activating group) is 1. The highest BCUT2D eigenvalue weighted by Gasteiger charge is 2.42. The predicted octanol–water partition coefficient (Wildman–Crippen LogP) is 2.27. The lowest BCUT2D eigenvalue weighted by Crippen LogP contribution is -2.56. The predicted molar refractivity (Wildman–Crippen MR) is 60.3 cm³/mol. The Morgan fingerprint density at radius 2 is 1.79 bits per heavy atom. The first kappa shape index (κ1) is 12.0. The van der Waals surface area contributed by atoms with Crippen LogP contribution in [0.2, 0.25) is 0 Å². The second-order valence-corrected chi connectivity index (χ2v) is 4.84. The van der Waals surface area contributed by atoms with Gasteiger partial charge in [0.1, 0.15) is 0 Å². The summed E-state index contributed by atoms with van der Waals surface area (Å²) in [5, 5.41) is 10.4. The standard InChI is InChI=1S/C12H25NO/c1-5-12(6-2,13(3)4)11(14)10-8-7-9-10/h10-11,14H,5-9H2,1-4H3. The van der Waals surface area contributed by atoms with Gasteiger partial charge in [-0.15, -0.1) is 0 Å². The van der Waals surface area contributed by atoms with Gasteiger partial charge in [-0.1, -0.05) is 20.3 Å². The maximum atomic E-state index is 10.4. The van der Waals surface area contributed by atoms with E-state index in [0.717, 1.165) is 12.8 Å². The van der Waals surface area contributed by atoms with Gasteiger partial charge in [0, 0.05) is 5.54 Å². The van der Waals surface area contributed by atoms with E-state index in [4.69, 9.17) is 0 Å². The minimum absolute atomic E-state index is 0.00505. The number of hydrogen-bond donors (Lipinski definition) is 1. The summed E-state index contributed by atoms with van der Waals surface area (Å²) < 4.78 is 0. The lowest BCUT2D eigenvalue weighted by Gasteiger charge is -2.47. The molecule has 0 aromatic carbocycles. The summed E-state index contributed by atoms with van der Waals surface area (Å²) >= 11 is 0. The molecule has 0 spiro atoms. The van der Waals surface area contributed by atoms with Gasteiger partial charge in [0.05, 0.1) is 6.10 Å². The maximum Gasteiger partial charge on any atom is 0.0751 e. The summed E-state index contributed by atoms with van der Waals surface area (Å²) in [7, 11) is 4.18. The number of aliphatic hydroxyl groups excluding tert-OH is 1. The first-order valence-corrected chi connectivity index (χ1v) is 5.94. The van der Waals surface area contributed by atoms with Crippen LogP contribution in [-0.2, 0) is 0 Å². The zero-order chi connectivity index (χ0) is 10.8. The minimum atomic E-state index is -0.138. The molecule has 1 aliphatic carbocycles. The highest BCUT2D eigenvalue weighted by Crippen LogP contribution is 2.38. The van der Waals surface area contributed by atoms with Crippen LogP contribution in [0.4, 0.5) is 0 Å². The van der Waals surface area contributed by atoms with Gasteiger partial charge in [-0.05, 0) is 45.7 Å². The van der Waals surface area contributed by atoms with Gasteiger partial charge in [-0.3, -0.25) is 0 Å². The highest BCUT2D eigenvalue weighted by molar-refractivity contribution is 4.97. The molecule has 1 fully saturated rings. The molecule has 0 radical (unpaired) electrons. The van der Waals surface area contributed by atoms with Crippen molar-refractivity contribution in [1.82, 2.24) is 4.90 Å². The molecule has 0 aromatic heterocycles. The average molecular weight is 199 g/mol. The Bertz CT molecular complexity index is 171. The van der Waals surface area contributed by atoms with E-state index in [1.54, 1.807) is 0 Å². The lowest BCUT2D eigenvalue weighted by atomic mass is 9.71. The monoisotopic (exact) mass is 199 g/mol. The fraction of sp³-hybridized carbons (Fsp3) is 1.00. The molecular formula is C12H25NO. The molecule has 0 heterocycles. The molecule has 2 heteroatoms. The van der Waals surface area contributed by atoms with Gasteiger partial charge < -0.3 is 10.0 Å². The Hall–Kier alpha value is -0.0800. The molecule has 84 valence electrons. The van der Waals surface area contributed by atoms with Gasteiger partial charge in [-0.2, -0.15) is 0 Å². The van der Waals surface area contributed by atoms with Crippen LogP contribution < -0.4 is 0 Å². The van der Waals surface area contributed by atoms with E-state index < -0.39 is 0 Å². The number of rotatable bonds is 5. The van der Waals surface area contributed by atoms with Crippen molar-refractivity contribution < 1.29 is 5.11 Å². The van der Waals surface area contributed by atoms with Crippen molar-refractivity contribution in [3.8, 4) is 0 Å². The Morgan fingerprint density at radius 1 is 1.29 bits per heavy atom. The van der Waals surface area contributed by atoms with Gasteiger partial charge in [0.15, 0.2) is 0 Å². The molecule has 1 unspecified atom stereocenters. The van der Waals surface area contributed by atoms with Crippen molar-refractivity contribution in [2.24, 2.45) is 5.92 Å². The molecule has 0 aromatic rings. The SMILES string of the molecule is CCC(CC)(C(O)C1CCC1)N(C)C. The summed E-state index contributed by atoms with van der Waals surface area (Å²) in [4.78, 5) is 2.22. The number of hydrogen-bond acceptors (Lipinski definition) is 2. The summed E-state index contributed by atoms with van der Waals surface area (Å²) in [5.74, 6) is 0.553. The van der Waals surface area contributed by atoms with E-state index >= 15 is 0 Å². The summed E-state index contributed by atoms with van der Waals surface area (Å²) in [6, 6.07) is 0. The van der Waals surface area contributed by atoms with Crippen LogP contribution in [0, 0.1) is 5.92 Å². The largest absolute Gasteiger partial charge is 0.391 e. The normalized spacial score (nSPS) is 21.0. The molecule has 0 aliphatic heterocycles. The van der Waals surface area contributed by atoms with Crippen LogP contribution in [0.1, 0.15) is 46.0 Å². The molecule has 1 rings (SSSR count). The number of nitrogens with zero attached hydrogens (tertiary/aromatic N) is 1. The Balaban J connectivity index is 2.73. The lowest BCUT2D eigenvalue weighted by molar-refractivity contribution is -0.0665. The van der Waals surface area contributed by atoms with E-state index in [9.17, 15) is 5.11 Å². The molecule has 14 heavy (non-hydrogen) atoms. The van der Waals surface area contributed by atoms with E-state index in [0.29, 0.717) is 5.92 Å². The number of aliphatic hydroxyl groups is 1. The topological polar surface area (TPSA) is 23.5 Å². The van der Waals surface area contributed by atoms with Crippen LogP contribution in [0.5, 0.6) is 0 Å². The summed E-state index contributed by atoms with van der Waals surface area (Å²) in [5.41, 5.74) is 0.00505. The highest BCUT2D eigenvalue weighted by atomic mass is 16.3. The molecule has 1 atom stereocenters. The molecule has 1 N–H and O–H groups in total. The van der Waals surface area contributed by atoms with Gasteiger partial charge in [-0.25, -0.2) is 0 Å². The van der Waals surface area contributed by atoms with Crippen LogP contribution in [0.3, 0.4) is 0 Å². The van der Waals surface area contributed by atoms with Gasteiger partial charge in [0.2, 0.25) is 0 Å². The Labute approximate surface area is 88.3 Å². The molecule has 0 saturated heterocycles. The Kier molecular flexibility index (Phi) is 3.96. The Morgan fingerprint density at radius 3 is 2.00 bits per heavy atom. The van der Waals surface area contributed by atoms with Gasteiger partial charge >= 0.3 is 0 Å². The smallest absolute Gasteiger partial charge is 0.0751 e. The summed E-state index contributed by atoms with van der Waals surface area (Å²) in [6.07, 6.45) is 5.68. The van der Waals surface area contributed by atoms with Gasteiger partial charge in [0.25, 0.3) is 0 Å². The third-order valence-corrected chi connectivity index (χ3v) is 4.26. The van der Waals surface area contributed by atoms with E-state index in [1.807, 2.05) is 0 Å². The second-order valence-electron chi connectivity index (χ2n) is 4.84. The van der Waals surface area contributed by atoms with Crippen molar-refractivity contribution in [2.45, 2.75) is 57.6 Å². The van der Waals surface area contributed by atoms with Crippen molar-refractivity contribution in [1.29, 1.82) is 0 Å². The van der Waals surface area contributed by atoms with Crippen molar-refractivity contribution in [2.75, 3.05) is 14.1 Å². The molecule has 2 nitrogen and oxygen atoms in total. The fourth-order valence-electron chi connectivity index (χ4n) is 2.76. The molecule has 0 amide bonds. The fourth-order valence-corrected chi connectivity index (χ4v) is 2.76. The van der Waals surface area contributed by atoms with E-state index in [-0.39, 0.29) is 11.6 Å². The maximum absolute atomic E-state index is 10.4. The average Bonchev–Trinajstić information content (AvgIpc) is 2.03. The molecule has 1 aliphatic rings. The molecule has 0 bridgehead atoms.